The van der Waals surface area contributed by atoms with E-state index in [4.69, 9.17) is 27.1 Å². The highest BCUT2D eigenvalue weighted by Crippen LogP contribution is 2.11. The Balaban J connectivity index is 1.91. The average molecular weight is 249 g/mol. The molecule has 2 N–H and O–H groups in total. The van der Waals surface area contributed by atoms with Crippen molar-refractivity contribution >= 4 is 17.2 Å². The Labute approximate surface area is 104 Å². The van der Waals surface area contributed by atoms with Crippen LogP contribution in [0.4, 0.5) is 0 Å². The zero-order valence-electron chi connectivity index (χ0n) is 9.00. The Morgan fingerprint density at radius 2 is 1.94 bits per heavy atom. The van der Waals surface area contributed by atoms with Gasteiger partial charge in [-0.2, -0.15) is 0 Å². The number of para-hydroxylation sites is 1. The molecule has 88 valence electrons. The molecule has 0 aliphatic heterocycles. The van der Waals surface area contributed by atoms with E-state index in [1.165, 1.54) is 0 Å². The van der Waals surface area contributed by atoms with E-state index in [1.807, 2.05) is 30.3 Å². The summed E-state index contributed by atoms with van der Waals surface area (Å²) in [5.74, 6) is 1.56. The quantitative estimate of drug-likeness (QED) is 0.809. The molecule has 0 amide bonds. The van der Waals surface area contributed by atoms with Crippen LogP contribution in [0.15, 0.2) is 34.7 Å². The van der Waals surface area contributed by atoms with Crippen molar-refractivity contribution < 1.29 is 9.15 Å². The molecular formula is C11H11N3O2S. The van der Waals surface area contributed by atoms with Gasteiger partial charge in [-0.05, 0) is 12.1 Å². The second-order valence-corrected chi connectivity index (χ2v) is 3.86. The van der Waals surface area contributed by atoms with Gasteiger partial charge in [-0.1, -0.05) is 30.4 Å². The topological polar surface area (TPSA) is 74.2 Å². The van der Waals surface area contributed by atoms with E-state index in [-0.39, 0.29) is 6.61 Å². The summed E-state index contributed by atoms with van der Waals surface area (Å²) in [5.41, 5.74) is 5.37. The normalized spacial score (nSPS) is 10.1. The predicted molar refractivity (Wildman–Crippen MR) is 65.6 cm³/mol. The van der Waals surface area contributed by atoms with Gasteiger partial charge < -0.3 is 14.9 Å². The molecule has 0 bridgehead atoms. The van der Waals surface area contributed by atoms with Crippen molar-refractivity contribution in [3.8, 4) is 5.75 Å². The molecule has 2 rings (SSSR count). The number of ether oxygens (including phenoxy) is 1. The van der Waals surface area contributed by atoms with Crippen molar-refractivity contribution in [2.75, 3.05) is 0 Å². The fourth-order valence-electron chi connectivity index (χ4n) is 1.23. The minimum Gasteiger partial charge on any atom is -0.484 e. The molecule has 0 radical (unpaired) electrons. The molecule has 0 saturated heterocycles. The van der Waals surface area contributed by atoms with Gasteiger partial charge in [-0.3, -0.25) is 0 Å². The van der Waals surface area contributed by atoms with Gasteiger partial charge in [0.25, 0.3) is 5.89 Å². The molecule has 0 spiro atoms. The van der Waals surface area contributed by atoms with Crippen LogP contribution in [0.25, 0.3) is 0 Å². The molecule has 0 aliphatic rings. The van der Waals surface area contributed by atoms with Crippen molar-refractivity contribution in [2.45, 2.75) is 13.0 Å². The van der Waals surface area contributed by atoms with Crippen LogP contribution in [-0.2, 0) is 13.0 Å². The van der Waals surface area contributed by atoms with Crippen LogP contribution in [0.5, 0.6) is 5.75 Å². The minimum atomic E-state index is 0.231. The van der Waals surface area contributed by atoms with E-state index < -0.39 is 0 Å². The van der Waals surface area contributed by atoms with E-state index in [2.05, 4.69) is 10.2 Å². The van der Waals surface area contributed by atoms with Gasteiger partial charge in [0.15, 0.2) is 6.61 Å². The Morgan fingerprint density at radius 3 is 2.65 bits per heavy atom. The maximum atomic E-state index is 5.45. The van der Waals surface area contributed by atoms with Crippen LogP contribution < -0.4 is 10.5 Å². The zero-order valence-corrected chi connectivity index (χ0v) is 9.81. The van der Waals surface area contributed by atoms with E-state index in [0.29, 0.717) is 23.2 Å². The molecule has 0 atom stereocenters. The second kappa shape index (κ2) is 5.40. The molecule has 0 saturated carbocycles. The van der Waals surface area contributed by atoms with E-state index in [0.717, 1.165) is 5.75 Å². The van der Waals surface area contributed by atoms with E-state index in [9.17, 15) is 0 Å². The van der Waals surface area contributed by atoms with Crippen molar-refractivity contribution in [3.63, 3.8) is 0 Å². The summed E-state index contributed by atoms with van der Waals surface area (Å²) in [6.07, 6.45) is 0.313. The fraction of sp³-hybridized carbons (Fsp3) is 0.182. The molecule has 17 heavy (non-hydrogen) atoms. The van der Waals surface area contributed by atoms with Crippen LogP contribution in [0, 0.1) is 0 Å². The summed E-state index contributed by atoms with van der Waals surface area (Å²) in [7, 11) is 0. The Bertz CT molecular complexity index is 498. The first-order chi connectivity index (χ1) is 8.24. The number of hydrogen-bond acceptors (Lipinski definition) is 5. The van der Waals surface area contributed by atoms with Crippen molar-refractivity contribution in [3.05, 3.63) is 42.1 Å². The number of thiocarbonyl (C=S) groups is 1. The Hall–Kier alpha value is -1.95. The van der Waals surface area contributed by atoms with Crippen LogP contribution in [0.1, 0.15) is 11.8 Å². The second-order valence-electron chi connectivity index (χ2n) is 3.33. The summed E-state index contributed by atoms with van der Waals surface area (Å²) in [6.45, 7) is 0.231. The molecule has 0 unspecified atom stereocenters. The molecule has 1 aromatic heterocycles. The van der Waals surface area contributed by atoms with Crippen LogP contribution in [0.2, 0.25) is 0 Å². The third kappa shape index (κ3) is 3.53. The largest absolute Gasteiger partial charge is 0.484 e. The van der Waals surface area contributed by atoms with Gasteiger partial charge in [0, 0.05) is 0 Å². The van der Waals surface area contributed by atoms with E-state index in [1.54, 1.807) is 0 Å². The number of aromatic nitrogens is 2. The van der Waals surface area contributed by atoms with Crippen LogP contribution in [-0.4, -0.2) is 15.2 Å². The summed E-state index contributed by atoms with van der Waals surface area (Å²) in [6, 6.07) is 9.40. The van der Waals surface area contributed by atoms with Crippen LogP contribution in [0.3, 0.4) is 0 Å². The molecule has 2 aromatic rings. The number of hydrogen-bond donors (Lipinski definition) is 1. The molecule has 0 aliphatic carbocycles. The first-order valence-electron chi connectivity index (χ1n) is 5.01. The van der Waals surface area contributed by atoms with Crippen molar-refractivity contribution in [2.24, 2.45) is 5.73 Å². The highest BCUT2D eigenvalue weighted by molar-refractivity contribution is 7.80. The highest BCUT2D eigenvalue weighted by Gasteiger charge is 2.07. The third-order valence-electron chi connectivity index (χ3n) is 1.94. The maximum absolute atomic E-state index is 5.45. The standard InChI is InChI=1S/C11H11N3O2S/c12-9(17)6-10-13-14-11(16-10)7-15-8-4-2-1-3-5-8/h1-5H,6-7H2,(H2,12,17). The first-order valence-corrected chi connectivity index (χ1v) is 5.42. The lowest BCUT2D eigenvalue weighted by Crippen LogP contribution is -2.11. The summed E-state index contributed by atoms with van der Waals surface area (Å²) in [5, 5.41) is 7.63. The van der Waals surface area contributed by atoms with Gasteiger partial charge in [0.1, 0.15) is 5.75 Å². The smallest absolute Gasteiger partial charge is 0.253 e. The average Bonchev–Trinajstić information content (AvgIpc) is 2.75. The number of nitrogens with two attached hydrogens (primary N) is 1. The lowest BCUT2D eigenvalue weighted by atomic mass is 10.3. The zero-order chi connectivity index (χ0) is 12.1. The van der Waals surface area contributed by atoms with Crippen molar-refractivity contribution in [1.29, 1.82) is 0 Å². The van der Waals surface area contributed by atoms with E-state index >= 15 is 0 Å². The number of nitrogens with zero attached hydrogens (tertiary/aromatic N) is 2. The first kappa shape index (κ1) is 11.5. The van der Waals surface area contributed by atoms with Gasteiger partial charge in [-0.25, -0.2) is 0 Å². The van der Waals surface area contributed by atoms with Gasteiger partial charge in [0.2, 0.25) is 5.89 Å². The van der Waals surface area contributed by atoms with Gasteiger partial charge in [-0.15, -0.1) is 10.2 Å². The molecule has 1 aromatic carbocycles. The fourth-order valence-corrected chi connectivity index (χ4v) is 1.35. The summed E-state index contributed by atoms with van der Waals surface area (Å²) >= 11 is 4.75. The Morgan fingerprint density at radius 1 is 1.24 bits per heavy atom. The number of benzene rings is 1. The Kier molecular flexibility index (Phi) is 3.66. The monoisotopic (exact) mass is 249 g/mol. The molecule has 5 nitrogen and oxygen atoms in total. The lowest BCUT2D eigenvalue weighted by molar-refractivity contribution is 0.260. The third-order valence-corrected chi connectivity index (χ3v) is 2.08. The number of rotatable bonds is 5. The molecule has 0 fully saturated rings. The minimum absolute atomic E-state index is 0.231. The van der Waals surface area contributed by atoms with Crippen molar-refractivity contribution in [1.82, 2.24) is 10.2 Å². The maximum Gasteiger partial charge on any atom is 0.253 e. The highest BCUT2D eigenvalue weighted by atomic mass is 32.1. The van der Waals surface area contributed by atoms with Gasteiger partial charge in [0.05, 0.1) is 11.4 Å². The molecule has 6 heteroatoms. The summed E-state index contributed by atoms with van der Waals surface area (Å²) in [4.78, 5) is 0.323. The molecule has 1 heterocycles. The van der Waals surface area contributed by atoms with Crippen LogP contribution >= 0.6 is 12.2 Å². The predicted octanol–water partition coefficient (Wildman–Crippen LogP) is 1.48. The summed E-state index contributed by atoms with van der Waals surface area (Å²) < 4.78 is 10.8. The SMILES string of the molecule is NC(=S)Cc1nnc(COc2ccccc2)o1. The lowest BCUT2D eigenvalue weighted by Gasteiger charge is -2.01. The van der Waals surface area contributed by atoms with Gasteiger partial charge >= 0.3 is 0 Å². The molecular weight excluding hydrogens is 238 g/mol.